The quantitative estimate of drug-likeness (QED) is 0.536. The van der Waals surface area contributed by atoms with Gasteiger partial charge in [-0.2, -0.15) is 0 Å². The number of nitrogens with zero attached hydrogens (tertiary/aromatic N) is 1. The smallest absolute Gasteiger partial charge is 0.0711 e. The van der Waals surface area contributed by atoms with Gasteiger partial charge in [0, 0.05) is 25.1 Å². The van der Waals surface area contributed by atoms with Crippen LogP contribution >= 0.6 is 0 Å². The zero-order valence-electron chi connectivity index (χ0n) is 6.61. The summed E-state index contributed by atoms with van der Waals surface area (Å²) >= 11 is 0. The van der Waals surface area contributed by atoms with Crippen LogP contribution in [0.25, 0.3) is 0 Å². The highest BCUT2D eigenvalue weighted by Gasteiger charge is 2.42. The molecule has 0 aromatic carbocycles. The van der Waals surface area contributed by atoms with Crippen molar-refractivity contribution in [1.29, 1.82) is 0 Å². The summed E-state index contributed by atoms with van der Waals surface area (Å²) in [6, 6.07) is 0.264. The second-order valence-corrected chi connectivity index (χ2v) is 3.61. The fourth-order valence-electron chi connectivity index (χ4n) is 2.44. The molecule has 2 aliphatic heterocycles. The topological polar surface area (TPSA) is 43.7 Å². The molecule has 2 rings (SSSR count). The summed E-state index contributed by atoms with van der Waals surface area (Å²) in [6.45, 7) is 2.31. The second-order valence-electron chi connectivity index (χ2n) is 3.61. The van der Waals surface area contributed by atoms with Crippen molar-refractivity contribution in [3.8, 4) is 0 Å². The van der Waals surface area contributed by atoms with Crippen LogP contribution in [0, 0.1) is 5.92 Å². The molecule has 64 valence electrons. The zero-order valence-corrected chi connectivity index (χ0v) is 6.61. The Kier molecular flexibility index (Phi) is 1.87. The predicted octanol–water partition coefficient (Wildman–Crippen LogP) is -0.566. The average molecular weight is 157 g/mol. The lowest BCUT2D eigenvalue weighted by Crippen LogP contribution is -2.35. The fourth-order valence-corrected chi connectivity index (χ4v) is 2.44. The highest BCUT2D eigenvalue weighted by molar-refractivity contribution is 4.96. The Morgan fingerprint density at radius 3 is 2.73 bits per heavy atom. The lowest BCUT2D eigenvalue weighted by atomic mass is 9.97. The van der Waals surface area contributed by atoms with E-state index in [2.05, 4.69) is 4.90 Å². The maximum atomic E-state index is 9.55. The minimum atomic E-state index is -0.186. The maximum Gasteiger partial charge on any atom is 0.0711 e. The van der Waals surface area contributed by atoms with E-state index in [4.69, 9.17) is 5.11 Å². The predicted molar refractivity (Wildman–Crippen MR) is 41.2 cm³/mol. The molecule has 1 unspecified atom stereocenters. The molecule has 3 atom stereocenters. The van der Waals surface area contributed by atoms with E-state index in [0.717, 1.165) is 25.9 Å². The average Bonchev–Trinajstić information content (AvgIpc) is 2.54. The summed E-state index contributed by atoms with van der Waals surface area (Å²) in [5.74, 6) is 0.326. The molecule has 2 N–H and O–H groups in total. The molecule has 0 aliphatic carbocycles. The van der Waals surface area contributed by atoms with Crippen molar-refractivity contribution in [2.45, 2.75) is 25.0 Å². The van der Waals surface area contributed by atoms with Crippen LogP contribution in [0.5, 0.6) is 0 Å². The molecule has 11 heavy (non-hydrogen) atoms. The number of hydrogen-bond acceptors (Lipinski definition) is 3. The molecule has 2 heterocycles. The van der Waals surface area contributed by atoms with E-state index in [1.165, 1.54) is 0 Å². The van der Waals surface area contributed by atoms with E-state index in [0.29, 0.717) is 5.92 Å². The standard InChI is InChI=1S/C8H15NO2/c10-5-6-1-3-9-4-2-7(11)8(6)9/h6-8,10-11H,1-5H2/t6-,7+,8?/m0/s1. The summed E-state index contributed by atoms with van der Waals surface area (Å²) in [5.41, 5.74) is 0. The molecule has 3 heteroatoms. The lowest BCUT2D eigenvalue weighted by Gasteiger charge is -2.21. The fraction of sp³-hybridized carbons (Fsp3) is 1.00. The minimum Gasteiger partial charge on any atom is -0.396 e. The zero-order chi connectivity index (χ0) is 7.84. The van der Waals surface area contributed by atoms with Gasteiger partial charge in [-0.3, -0.25) is 4.90 Å². The van der Waals surface area contributed by atoms with E-state index in [1.54, 1.807) is 0 Å². The molecular weight excluding hydrogens is 142 g/mol. The number of rotatable bonds is 1. The SMILES string of the molecule is OC[C@@H]1CCN2CC[C@@H](O)C12. The van der Waals surface area contributed by atoms with Crippen LogP contribution < -0.4 is 0 Å². The first kappa shape index (κ1) is 7.53. The molecule has 0 aromatic heterocycles. The van der Waals surface area contributed by atoms with Gasteiger partial charge in [0.1, 0.15) is 0 Å². The van der Waals surface area contributed by atoms with Gasteiger partial charge in [-0.25, -0.2) is 0 Å². The maximum absolute atomic E-state index is 9.55. The van der Waals surface area contributed by atoms with Crippen LogP contribution in [-0.4, -0.2) is 47.0 Å². The van der Waals surface area contributed by atoms with Gasteiger partial charge in [0.15, 0.2) is 0 Å². The van der Waals surface area contributed by atoms with Crippen LogP contribution in [-0.2, 0) is 0 Å². The Hall–Kier alpha value is -0.120. The number of fused-ring (bicyclic) bond motifs is 1. The molecule has 0 aromatic rings. The molecule has 0 amide bonds. The third-order valence-electron chi connectivity index (χ3n) is 3.03. The highest BCUT2D eigenvalue weighted by Crippen LogP contribution is 2.32. The Morgan fingerprint density at radius 2 is 2.00 bits per heavy atom. The molecule has 2 aliphatic rings. The number of hydrogen-bond donors (Lipinski definition) is 2. The monoisotopic (exact) mass is 157 g/mol. The van der Waals surface area contributed by atoms with Gasteiger partial charge >= 0.3 is 0 Å². The first-order chi connectivity index (χ1) is 5.33. The van der Waals surface area contributed by atoms with Crippen molar-refractivity contribution in [3.63, 3.8) is 0 Å². The van der Waals surface area contributed by atoms with Gasteiger partial charge in [-0.15, -0.1) is 0 Å². The summed E-state index contributed by atoms with van der Waals surface area (Å²) in [6.07, 6.45) is 1.76. The Bertz CT molecular complexity index is 151. The third kappa shape index (κ3) is 1.08. The first-order valence-electron chi connectivity index (χ1n) is 4.36. The molecule has 0 saturated carbocycles. The summed E-state index contributed by atoms with van der Waals surface area (Å²) in [4.78, 5) is 2.30. The molecule has 0 radical (unpaired) electrons. The van der Waals surface area contributed by atoms with E-state index in [1.807, 2.05) is 0 Å². The number of aliphatic hydroxyl groups excluding tert-OH is 2. The summed E-state index contributed by atoms with van der Waals surface area (Å²) in [7, 11) is 0. The van der Waals surface area contributed by atoms with Crippen molar-refractivity contribution in [2.75, 3.05) is 19.7 Å². The van der Waals surface area contributed by atoms with Crippen LogP contribution in [0.2, 0.25) is 0 Å². The third-order valence-corrected chi connectivity index (χ3v) is 3.03. The van der Waals surface area contributed by atoms with Crippen LogP contribution in [0.1, 0.15) is 12.8 Å². The molecular formula is C8H15NO2. The van der Waals surface area contributed by atoms with E-state index < -0.39 is 0 Å². The van der Waals surface area contributed by atoms with Gasteiger partial charge in [0.05, 0.1) is 6.10 Å². The van der Waals surface area contributed by atoms with Gasteiger partial charge in [0.25, 0.3) is 0 Å². The van der Waals surface area contributed by atoms with Crippen molar-refractivity contribution < 1.29 is 10.2 Å². The molecule has 0 spiro atoms. The van der Waals surface area contributed by atoms with Crippen molar-refractivity contribution >= 4 is 0 Å². The van der Waals surface area contributed by atoms with Crippen molar-refractivity contribution in [1.82, 2.24) is 4.90 Å². The van der Waals surface area contributed by atoms with E-state index in [-0.39, 0.29) is 18.8 Å². The van der Waals surface area contributed by atoms with Gasteiger partial charge in [-0.05, 0) is 19.4 Å². The largest absolute Gasteiger partial charge is 0.396 e. The van der Waals surface area contributed by atoms with Gasteiger partial charge in [-0.1, -0.05) is 0 Å². The van der Waals surface area contributed by atoms with Gasteiger partial charge < -0.3 is 10.2 Å². The molecule has 2 saturated heterocycles. The Balaban J connectivity index is 2.07. The van der Waals surface area contributed by atoms with Crippen LogP contribution in [0.4, 0.5) is 0 Å². The second kappa shape index (κ2) is 2.73. The molecule has 0 bridgehead atoms. The van der Waals surface area contributed by atoms with Crippen LogP contribution in [0.3, 0.4) is 0 Å². The highest BCUT2D eigenvalue weighted by atomic mass is 16.3. The first-order valence-corrected chi connectivity index (χ1v) is 4.36. The van der Waals surface area contributed by atoms with Crippen molar-refractivity contribution in [2.24, 2.45) is 5.92 Å². The Labute approximate surface area is 66.6 Å². The number of aliphatic hydroxyl groups is 2. The molecule has 3 nitrogen and oxygen atoms in total. The van der Waals surface area contributed by atoms with E-state index in [9.17, 15) is 5.11 Å². The molecule has 2 fully saturated rings. The van der Waals surface area contributed by atoms with E-state index >= 15 is 0 Å². The van der Waals surface area contributed by atoms with Crippen LogP contribution in [0.15, 0.2) is 0 Å². The Morgan fingerprint density at radius 1 is 1.27 bits per heavy atom. The normalized spacial score (nSPS) is 44.7. The van der Waals surface area contributed by atoms with Gasteiger partial charge in [0.2, 0.25) is 0 Å². The van der Waals surface area contributed by atoms with Crippen molar-refractivity contribution in [3.05, 3.63) is 0 Å². The lowest BCUT2D eigenvalue weighted by molar-refractivity contribution is 0.0902. The summed E-state index contributed by atoms with van der Waals surface area (Å²) < 4.78 is 0. The minimum absolute atomic E-state index is 0.186. The summed E-state index contributed by atoms with van der Waals surface area (Å²) in [5, 5.41) is 18.5.